The summed E-state index contributed by atoms with van der Waals surface area (Å²) in [6.07, 6.45) is 2.81. The van der Waals surface area contributed by atoms with Crippen LogP contribution in [0.4, 0.5) is 5.82 Å². The number of carbonyl (C=O) groups excluding carboxylic acids is 1. The normalized spacial score (nSPS) is 10.8. The number of pyridine rings is 1. The smallest absolute Gasteiger partial charge is 0.256 e. The first-order valence-electron chi connectivity index (χ1n) is 9.74. The van der Waals surface area contributed by atoms with Gasteiger partial charge in [0.2, 0.25) is 0 Å². The molecule has 0 unspecified atom stereocenters. The Balaban J connectivity index is 1.78. The fourth-order valence-corrected chi connectivity index (χ4v) is 3.37. The molecule has 0 saturated heterocycles. The van der Waals surface area contributed by atoms with Crippen molar-refractivity contribution in [1.29, 1.82) is 0 Å². The van der Waals surface area contributed by atoms with E-state index in [1.165, 1.54) is 5.56 Å². The van der Waals surface area contributed by atoms with Crippen LogP contribution < -0.4 is 14.8 Å². The van der Waals surface area contributed by atoms with Crippen LogP contribution in [0.3, 0.4) is 0 Å². The molecule has 6 heteroatoms. The van der Waals surface area contributed by atoms with Gasteiger partial charge in [0, 0.05) is 17.3 Å². The number of hydrogen-bond donors (Lipinski definition) is 1. The Morgan fingerprint density at radius 3 is 2.47 bits per heavy atom. The Morgan fingerprint density at radius 1 is 1.00 bits per heavy atom. The van der Waals surface area contributed by atoms with Gasteiger partial charge in [0.25, 0.3) is 5.91 Å². The van der Waals surface area contributed by atoms with E-state index in [0.29, 0.717) is 28.6 Å². The van der Waals surface area contributed by atoms with Gasteiger partial charge in [-0.05, 0) is 54.4 Å². The Morgan fingerprint density at radius 2 is 1.77 bits per heavy atom. The predicted molar refractivity (Wildman–Crippen MR) is 118 cm³/mol. The number of ether oxygens (including phenoxy) is 2. The van der Waals surface area contributed by atoms with Gasteiger partial charge < -0.3 is 14.8 Å². The zero-order valence-electron chi connectivity index (χ0n) is 17.2. The van der Waals surface area contributed by atoms with Crippen LogP contribution in [0.5, 0.6) is 11.5 Å². The summed E-state index contributed by atoms with van der Waals surface area (Å²) < 4.78 is 12.6. The van der Waals surface area contributed by atoms with Crippen LogP contribution in [0.2, 0.25) is 0 Å². The van der Waals surface area contributed by atoms with Crippen molar-refractivity contribution in [2.75, 3.05) is 19.5 Å². The molecule has 2 aromatic heterocycles. The van der Waals surface area contributed by atoms with Crippen molar-refractivity contribution in [2.24, 2.45) is 0 Å². The van der Waals surface area contributed by atoms with Gasteiger partial charge in [-0.1, -0.05) is 25.1 Å². The summed E-state index contributed by atoms with van der Waals surface area (Å²) in [5.74, 6) is 1.64. The lowest BCUT2D eigenvalue weighted by atomic mass is 10.1. The molecule has 2 heterocycles. The number of aromatic nitrogens is 2. The summed E-state index contributed by atoms with van der Waals surface area (Å²) in [5, 5.41) is 3.04. The first-order chi connectivity index (χ1) is 14.6. The molecule has 0 aliphatic heterocycles. The highest BCUT2D eigenvalue weighted by atomic mass is 16.5. The van der Waals surface area contributed by atoms with Crippen LogP contribution in [-0.4, -0.2) is 29.5 Å². The zero-order chi connectivity index (χ0) is 21.1. The average molecular weight is 401 g/mol. The van der Waals surface area contributed by atoms with Crippen LogP contribution in [0.1, 0.15) is 22.8 Å². The minimum Gasteiger partial charge on any atom is -0.493 e. The van der Waals surface area contributed by atoms with E-state index in [-0.39, 0.29) is 5.91 Å². The number of nitrogens with zero attached hydrogens (tertiary/aromatic N) is 2. The summed E-state index contributed by atoms with van der Waals surface area (Å²) in [5.41, 5.74) is 3.98. The maximum absolute atomic E-state index is 13.0. The van der Waals surface area contributed by atoms with Crippen molar-refractivity contribution in [2.45, 2.75) is 13.3 Å². The monoisotopic (exact) mass is 401 g/mol. The molecule has 0 bridgehead atoms. The predicted octanol–water partition coefficient (Wildman–Crippen LogP) is 4.83. The van der Waals surface area contributed by atoms with E-state index in [1.807, 2.05) is 71.3 Å². The van der Waals surface area contributed by atoms with Crippen molar-refractivity contribution in [3.05, 3.63) is 78.0 Å². The van der Waals surface area contributed by atoms with Crippen LogP contribution in [0, 0.1) is 0 Å². The lowest BCUT2D eigenvalue weighted by Gasteiger charge is -2.11. The van der Waals surface area contributed by atoms with E-state index in [4.69, 9.17) is 14.5 Å². The van der Waals surface area contributed by atoms with Gasteiger partial charge in [-0.2, -0.15) is 0 Å². The number of methoxy groups -OCH3 is 2. The highest BCUT2D eigenvalue weighted by Gasteiger charge is 2.18. The maximum atomic E-state index is 13.0. The van der Waals surface area contributed by atoms with Crippen molar-refractivity contribution in [1.82, 2.24) is 9.38 Å². The van der Waals surface area contributed by atoms with Gasteiger partial charge in [-0.15, -0.1) is 0 Å². The molecule has 2 aromatic carbocycles. The topological polar surface area (TPSA) is 64.9 Å². The summed E-state index contributed by atoms with van der Waals surface area (Å²) in [6.45, 7) is 2.09. The SMILES string of the molecule is CCc1ccc(C(=O)Nc2c(-c3ccc(OC)c(OC)c3)nc3ccccn23)cc1. The fourth-order valence-electron chi connectivity index (χ4n) is 3.37. The largest absolute Gasteiger partial charge is 0.493 e. The zero-order valence-corrected chi connectivity index (χ0v) is 17.2. The number of anilines is 1. The van der Waals surface area contributed by atoms with Gasteiger partial charge in [0.05, 0.1) is 14.2 Å². The quantitative estimate of drug-likeness (QED) is 0.502. The molecule has 0 fully saturated rings. The van der Waals surface area contributed by atoms with Crippen LogP contribution in [0.15, 0.2) is 66.9 Å². The van der Waals surface area contributed by atoms with Crippen LogP contribution in [-0.2, 0) is 6.42 Å². The van der Waals surface area contributed by atoms with Gasteiger partial charge in [0.15, 0.2) is 11.5 Å². The number of carbonyl (C=O) groups is 1. The van der Waals surface area contributed by atoms with E-state index in [2.05, 4.69) is 12.2 Å². The molecule has 0 radical (unpaired) electrons. The van der Waals surface area contributed by atoms with Crippen molar-refractivity contribution < 1.29 is 14.3 Å². The van der Waals surface area contributed by atoms with E-state index < -0.39 is 0 Å². The summed E-state index contributed by atoms with van der Waals surface area (Å²) >= 11 is 0. The lowest BCUT2D eigenvalue weighted by Crippen LogP contribution is -2.14. The van der Waals surface area contributed by atoms with Crippen molar-refractivity contribution >= 4 is 17.4 Å². The Kier molecular flexibility index (Phi) is 5.39. The number of aryl methyl sites for hydroxylation is 1. The number of benzene rings is 2. The highest BCUT2D eigenvalue weighted by Crippen LogP contribution is 2.35. The number of amides is 1. The number of fused-ring (bicyclic) bond motifs is 1. The molecule has 0 aliphatic carbocycles. The van der Waals surface area contributed by atoms with Crippen LogP contribution in [0.25, 0.3) is 16.9 Å². The first kappa shape index (κ1) is 19.5. The maximum Gasteiger partial charge on any atom is 0.256 e. The molecule has 4 aromatic rings. The average Bonchev–Trinajstić information content (AvgIpc) is 3.17. The summed E-state index contributed by atoms with van der Waals surface area (Å²) in [7, 11) is 3.19. The molecular weight excluding hydrogens is 378 g/mol. The van der Waals surface area contributed by atoms with Gasteiger partial charge in [-0.3, -0.25) is 9.20 Å². The molecule has 30 heavy (non-hydrogen) atoms. The molecule has 152 valence electrons. The number of imidazole rings is 1. The third-order valence-corrected chi connectivity index (χ3v) is 5.04. The van der Waals surface area contributed by atoms with Crippen molar-refractivity contribution in [3.8, 4) is 22.8 Å². The second-order valence-corrected chi connectivity index (χ2v) is 6.81. The second kappa shape index (κ2) is 8.29. The number of nitrogens with one attached hydrogen (secondary N) is 1. The molecule has 0 aliphatic rings. The molecule has 0 saturated carbocycles. The Hall–Kier alpha value is -3.80. The van der Waals surface area contributed by atoms with E-state index in [9.17, 15) is 4.79 Å². The first-order valence-corrected chi connectivity index (χ1v) is 9.74. The third kappa shape index (κ3) is 3.59. The molecule has 0 atom stereocenters. The third-order valence-electron chi connectivity index (χ3n) is 5.04. The molecule has 1 amide bonds. The van der Waals surface area contributed by atoms with E-state index in [1.54, 1.807) is 14.2 Å². The Bertz CT molecular complexity index is 1200. The van der Waals surface area contributed by atoms with Crippen LogP contribution >= 0.6 is 0 Å². The van der Waals surface area contributed by atoms with E-state index in [0.717, 1.165) is 17.6 Å². The number of rotatable bonds is 6. The lowest BCUT2D eigenvalue weighted by molar-refractivity contribution is 0.102. The summed E-state index contributed by atoms with van der Waals surface area (Å²) in [6, 6.07) is 18.9. The fraction of sp³-hybridized carbons (Fsp3) is 0.167. The molecule has 4 rings (SSSR count). The minimum absolute atomic E-state index is 0.190. The van der Waals surface area contributed by atoms with Crippen molar-refractivity contribution in [3.63, 3.8) is 0 Å². The molecular formula is C24H23N3O3. The van der Waals surface area contributed by atoms with Gasteiger partial charge in [-0.25, -0.2) is 4.98 Å². The van der Waals surface area contributed by atoms with E-state index >= 15 is 0 Å². The molecule has 0 spiro atoms. The second-order valence-electron chi connectivity index (χ2n) is 6.81. The van der Waals surface area contributed by atoms with Gasteiger partial charge in [0.1, 0.15) is 17.2 Å². The standard InChI is InChI=1S/C24H23N3O3/c1-4-16-8-10-17(11-9-16)24(28)26-23-22(25-21-7-5-6-14-27(21)23)18-12-13-19(29-2)20(15-18)30-3/h5-15H,4H2,1-3H3,(H,26,28). The highest BCUT2D eigenvalue weighted by molar-refractivity contribution is 6.05. The molecule has 6 nitrogen and oxygen atoms in total. The minimum atomic E-state index is -0.190. The number of hydrogen-bond acceptors (Lipinski definition) is 4. The summed E-state index contributed by atoms with van der Waals surface area (Å²) in [4.78, 5) is 17.7. The Labute approximate surface area is 175 Å². The van der Waals surface area contributed by atoms with Gasteiger partial charge >= 0.3 is 0 Å². The molecule has 1 N–H and O–H groups in total.